The zero-order valence-electron chi connectivity index (χ0n) is 43.4. The fourth-order valence-corrected chi connectivity index (χ4v) is 12.1. The van der Waals surface area contributed by atoms with E-state index >= 15 is 0 Å². The van der Waals surface area contributed by atoms with Gasteiger partial charge in [-0.25, -0.2) is 0 Å². The Kier molecular flexibility index (Phi) is 12.5. The van der Waals surface area contributed by atoms with Crippen molar-refractivity contribution in [2.24, 2.45) is 0 Å². The van der Waals surface area contributed by atoms with Crippen molar-refractivity contribution in [2.75, 3.05) is 19.6 Å². The van der Waals surface area contributed by atoms with E-state index in [0.717, 1.165) is 85.0 Å². The zero-order valence-corrected chi connectivity index (χ0v) is 43.4. The Hall–Kier alpha value is -10.2. The number of allylic oxidation sites excluding steroid dienone is 5. The summed E-state index contributed by atoms with van der Waals surface area (Å²) >= 11 is 0. The molecule has 0 radical (unpaired) electrons. The van der Waals surface area contributed by atoms with Crippen LogP contribution in [0.4, 0.5) is 62.6 Å². The van der Waals surface area contributed by atoms with E-state index in [-0.39, 0.29) is 0 Å². The molecule has 0 atom stereocenters. The second kappa shape index (κ2) is 20.5. The highest BCUT2D eigenvalue weighted by Crippen LogP contribution is 2.65. The van der Waals surface area contributed by atoms with Gasteiger partial charge in [0, 0.05) is 68.3 Å². The van der Waals surface area contributed by atoms with Gasteiger partial charge in [0.1, 0.15) is 0 Å². The van der Waals surface area contributed by atoms with Crippen LogP contribution in [0.15, 0.2) is 327 Å². The Morgan fingerprint density at radius 2 is 0.564 bits per heavy atom. The highest BCUT2D eigenvalue weighted by molar-refractivity contribution is 6.01. The van der Waals surface area contributed by atoms with Crippen LogP contribution in [0.5, 0.6) is 0 Å². The van der Waals surface area contributed by atoms with Gasteiger partial charge in [-0.2, -0.15) is 0 Å². The largest absolute Gasteiger partial charge is 0.315 e. The molecule has 0 fully saturated rings. The van der Waals surface area contributed by atoms with E-state index in [9.17, 15) is 0 Å². The van der Waals surface area contributed by atoms with Gasteiger partial charge in [0.05, 0.1) is 5.41 Å². The fraction of sp³-hybridized carbons (Fsp3) is 0.0270. The first-order valence-electron chi connectivity index (χ1n) is 26.7. The van der Waals surface area contributed by atoms with E-state index in [1.165, 1.54) is 27.8 Å². The van der Waals surface area contributed by atoms with Crippen molar-refractivity contribution in [1.29, 1.82) is 0 Å². The van der Waals surface area contributed by atoms with Gasteiger partial charge in [0.15, 0.2) is 0 Å². The molecule has 0 unspecified atom stereocenters. The molecule has 0 N–H and O–H groups in total. The van der Waals surface area contributed by atoms with Gasteiger partial charge in [-0.3, -0.25) is 0 Å². The summed E-state index contributed by atoms with van der Waals surface area (Å²) in [5, 5.41) is 0. The van der Waals surface area contributed by atoms with Crippen molar-refractivity contribution < 1.29 is 0 Å². The number of hydrogen-bond donors (Lipinski definition) is 0. The summed E-state index contributed by atoms with van der Waals surface area (Å²) in [5.74, 6) is 0. The van der Waals surface area contributed by atoms with E-state index in [1.54, 1.807) is 0 Å². The molecule has 372 valence electrons. The Morgan fingerprint density at radius 3 is 0.846 bits per heavy atom. The number of anilines is 11. The number of fused-ring (bicyclic) bond motifs is 7. The summed E-state index contributed by atoms with van der Waals surface area (Å²) in [6.45, 7) is 6.96. The minimum Gasteiger partial charge on any atom is -0.315 e. The van der Waals surface area contributed by atoms with Crippen molar-refractivity contribution in [3.05, 3.63) is 350 Å². The predicted octanol–water partition coefficient (Wildman–Crippen LogP) is 20.1. The SMILES string of the molecule is C=CC1=C(/C=C(\C)N(c2ccccc2)c2ccccc2)C2(c3cc(N(c4ccccc4)c4ccccc4)ccc31)c1cc(N(c3ccccc3)c3ccccc3)ccc1-c1ccc(N(c3ccccc3)c3ccccc3)cc12. The van der Waals surface area contributed by atoms with Crippen LogP contribution in [0.2, 0.25) is 0 Å². The third-order valence-corrected chi connectivity index (χ3v) is 15.3. The standard InChI is InChI=1S/C74H56N4/c1-3-66-67-47-44-63(76(57-32-16-6-17-33-57)58-34-18-7-19-35-58)51-71(67)74(70(66)50-54(2)75(55-28-12-4-13-29-55)56-30-14-5-15-31-56)72-52-64(77(59-36-20-8-21-37-59)60-38-22-9-23-39-60)45-48-68(72)69-49-46-65(53-73(69)74)78(61-40-24-10-25-41-61)62-42-26-11-27-43-62/h3-53H,1H2,2H3/b54-50+. The lowest BCUT2D eigenvalue weighted by molar-refractivity contribution is 0.783. The molecule has 78 heavy (non-hydrogen) atoms. The molecule has 0 bridgehead atoms. The molecule has 4 heteroatoms. The van der Waals surface area contributed by atoms with Gasteiger partial charge in [-0.1, -0.05) is 176 Å². The molecule has 0 saturated carbocycles. The number of rotatable bonds is 14. The minimum absolute atomic E-state index is 0.886. The van der Waals surface area contributed by atoms with Crippen LogP contribution in [0.3, 0.4) is 0 Å². The van der Waals surface area contributed by atoms with Gasteiger partial charge in [-0.05, 0) is 191 Å². The zero-order chi connectivity index (χ0) is 52.4. The third-order valence-electron chi connectivity index (χ3n) is 15.3. The molecule has 2 aliphatic carbocycles. The number of para-hydroxylation sites is 8. The van der Waals surface area contributed by atoms with Crippen molar-refractivity contribution in [1.82, 2.24) is 0 Å². The lowest BCUT2D eigenvalue weighted by Crippen LogP contribution is -2.28. The summed E-state index contributed by atoms with van der Waals surface area (Å²) in [5.41, 5.74) is 21.3. The van der Waals surface area contributed by atoms with Crippen molar-refractivity contribution in [3.8, 4) is 11.1 Å². The monoisotopic (exact) mass is 1000 g/mol. The highest BCUT2D eigenvalue weighted by Gasteiger charge is 2.53. The molecule has 13 rings (SSSR count). The molecule has 0 aromatic heterocycles. The normalized spacial score (nSPS) is 12.9. The summed E-state index contributed by atoms with van der Waals surface area (Å²) < 4.78 is 0. The van der Waals surface area contributed by atoms with E-state index < -0.39 is 5.41 Å². The molecule has 2 aliphatic rings. The predicted molar refractivity (Wildman–Crippen MR) is 328 cm³/mol. The lowest BCUT2D eigenvalue weighted by atomic mass is 9.69. The molecule has 11 aromatic rings. The molecular formula is C74H56N4. The van der Waals surface area contributed by atoms with E-state index in [1.807, 2.05) is 0 Å². The number of benzene rings is 11. The van der Waals surface area contributed by atoms with Crippen LogP contribution in [0, 0.1) is 0 Å². The van der Waals surface area contributed by atoms with Gasteiger partial charge in [0.2, 0.25) is 0 Å². The van der Waals surface area contributed by atoms with Crippen LogP contribution in [0.25, 0.3) is 16.7 Å². The van der Waals surface area contributed by atoms with E-state index in [0.29, 0.717) is 0 Å². The average Bonchev–Trinajstić information content (AvgIpc) is 3.94. The maximum Gasteiger partial charge on any atom is 0.0728 e. The maximum atomic E-state index is 4.70. The smallest absolute Gasteiger partial charge is 0.0728 e. The van der Waals surface area contributed by atoms with Crippen LogP contribution < -0.4 is 19.6 Å². The first kappa shape index (κ1) is 47.5. The third kappa shape index (κ3) is 8.28. The first-order valence-corrected chi connectivity index (χ1v) is 26.7. The molecule has 11 aromatic carbocycles. The van der Waals surface area contributed by atoms with Crippen LogP contribution >= 0.6 is 0 Å². The summed E-state index contributed by atoms with van der Waals surface area (Å²) in [6, 6.07) is 107. The molecule has 0 heterocycles. The summed E-state index contributed by atoms with van der Waals surface area (Å²) in [7, 11) is 0. The topological polar surface area (TPSA) is 13.0 Å². The average molecular weight is 1000 g/mol. The Balaban J connectivity index is 1.15. The van der Waals surface area contributed by atoms with Crippen molar-refractivity contribution in [3.63, 3.8) is 0 Å². The van der Waals surface area contributed by atoms with Gasteiger partial charge in [0.25, 0.3) is 0 Å². The van der Waals surface area contributed by atoms with Crippen LogP contribution in [-0.4, -0.2) is 0 Å². The van der Waals surface area contributed by atoms with Gasteiger partial charge < -0.3 is 19.6 Å². The Morgan fingerprint density at radius 1 is 0.308 bits per heavy atom. The van der Waals surface area contributed by atoms with E-state index in [4.69, 9.17) is 6.58 Å². The minimum atomic E-state index is -0.886. The molecule has 0 saturated heterocycles. The second-order valence-corrected chi connectivity index (χ2v) is 19.8. The van der Waals surface area contributed by atoms with Gasteiger partial charge >= 0.3 is 0 Å². The first-order chi connectivity index (χ1) is 38.6. The van der Waals surface area contributed by atoms with Crippen molar-refractivity contribution >= 4 is 68.1 Å². The highest BCUT2D eigenvalue weighted by atomic mass is 15.2. The quantitative estimate of drug-likeness (QED) is 0.108. The number of nitrogens with zero attached hydrogens (tertiary/aromatic N) is 4. The Labute approximate surface area is 458 Å². The van der Waals surface area contributed by atoms with Crippen molar-refractivity contribution in [2.45, 2.75) is 12.3 Å². The number of hydrogen-bond acceptors (Lipinski definition) is 4. The summed E-state index contributed by atoms with van der Waals surface area (Å²) in [4.78, 5) is 9.54. The molecule has 4 nitrogen and oxygen atoms in total. The lowest BCUT2D eigenvalue weighted by Gasteiger charge is -2.36. The Bertz CT molecular complexity index is 3680. The van der Waals surface area contributed by atoms with E-state index in [2.05, 4.69) is 336 Å². The summed E-state index contributed by atoms with van der Waals surface area (Å²) in [6.07, 6.45) is 4.55. The van der Waals surface area contributed by atoms with Crippen LogP contribution in [-0.2, 0) is 5.41 Å². The second-order valence-electron chi connectivity index (χ2n) is 19.8. The van der Waals surface area contributed by atoms with Crippen LogP contribution in [0.1, 0.15) is 29.2 Å². The molecular weight excluding hydrogens is 945 g/mol. The maximum absolute atomic E-state index is 4.70. The molecule has 0 amide bonds. The molecule has 0 aliphatic heterocycles. The van der Waals surface area contributed by atoms with Gasteiger partial charge in [-0.15, -0.1) is 0 Å². The fourth-order valence-electron chi connectivity index (χ4n) is 12.1. The molecule has 1 spiro atoms.